The average Bonchev–Trinajstić information content (AvgIpc) is 2.30. The summed E-state index contributed by atoms with van der Waals surface area (Å²) in [7, 11) is 1.42. The molecule has 1 amide bonds. The summed E-state index contributed by atoms with van der Waals surface area (Å²) in [5.74, 6) is -0.302. The van der Waals surface area contributed by atoms with Crippen LogP contribution in [0.5, 0.6) is 5.75 Å². The Kier molecular flexibility index (Phi) is 5.89. The second-order valence-corrected chi connectivity index (χ2v) is 2.40. The number of nitrogens with one attached hydrogen (secondary N) is 1. The van der Waals surface area contributed by atoms with Gasteiger partial charge in [-0.05, 0) is 12.1 Å². The predicted octanol–water partition coefficient (Wildman–Crippen LogP) is 1.42. The molecule has 5 heteroatoms. The van der Waals surface area contributed by atoms with Gasteiger partial charge in [-0.3, -0.25) is 10.0 Å². The van der Waals surface area contributed by atoms with Gasteiger partial charge in [-0.1, -0.05) is 13.8 Å². The number of methoxy groups -OCH3 is 1. The maximum atomic E-state index is 11.0. The van der Waals surface area contributed by atoms with E-state index in [0.717, 1.165) is 0 Å². The Bertz CT molecular complexity index is 326. The maximum absolute atomic E-state index is 11.0. The van der Waals surface area contributed by atoms with E-state index in [2.05, 4.69) is 0 Å². The number of hydrogen-bond acceptors (Lipinski definition) is 4. The number of hydroxylamine groups is 1. The molecule has 1 aromatic carbocycles. The highest BCUT2D eigenvalue weighted by Crippen LogP contribution is 2.20. The number of hydrogen-bond donors (Lipinski definition) is 3. The number of carbonyl (C=O) groups excluding carboxylic acids is 1. The zero-order chi connectivity index (χ0) is 11.8. The van der Waals surface area contributed by atoms with E-state index in [1.165, 1.54) is 24.7 Å². The Morgan fingerprint density at radius 3 is 2.53 bits per heavy atom. The molecule has 0 aliphatic carbocycles. The maximum Gasteiger partial charge on any atom is 0.278 e. The van der Waals surface area contributed by atoms with Crippen LogP contribution in [0.25, 0.3) is 0 Å². The normalized spacial score (nSPS) is 8.53. The number of rotatable bonds is 2. The van der Waals surface area contributed by atoms with Crippen LogP contribution in [0.2, 0.25) is 0 Å². The van der Waals surface area contributed by atoms with Gasteiger partial charge in [0.1, 0.15) is 5.75 Å². The molecule has 15 heavy (non-hydrogen) atoms. The van der Waals surface area contributed by atoms with Crippen molar-refractivity contribution < 1.29 is 14.7 Å². The number of carbonyl (C=O) groups is 1. The minimum absolute atomic E-state index is 0.235. The monoisotopic (exact) mass is 212 g/mol. The number of ether oxygens (including phenoxy) is 1. The fraction of sp³-hybridized carbons (Fsp3) is 0.300. The van der Waals surface area contributed by atoms with Crippen molar-refractivity contribution in [1.29, 1.82) is 0 Å². The largest absolute Gasteiger partial charge is 0.496 e. The first-order valence-electron chi connectivity index (χ1n) is 4.57. The van der Waals surface area contributed by atoms with Crippen LogP contribution in [0, 0.1) is 0 Å². The highest BCUT2D eigenvalue weighted by Gasteiger charge is 2.10. The van der Waals surface area contributed by atoms with Crippen LogP contribution in [-0.4, -0.2) is 18.2 Å². The lowest BCUT2D eigenvalue weighted by Gasteiger charge is -2.06. The van der Waals surface area contributed by atoms with Gasteiger partial charge in [0, 0.05) is 11.8 Å². The van der Waals surface area contributed by atoms with Gasteiger partial charge in [-0.15, -0.1) is 0 Å². The Hall–Kier alpha value is -1.75. The lowest BCUT2D eigenvalue weighted by atomic mass is 10.2. The van der Waals surface area contributed by atoms with E-state index in [1.807, 2.05) is 13.8 Å². The summed E-state index contributed by atoms with van der Waals surface area (Å²) in [5, 5.41) is 8.39. The van der Waals surface area contributed by atoms with Crippen molar-refractivity contribution in [3.63, 3.8) is 0 Å². The highest BCUT2D eigenvalue weighted by molar-refractivity contribution is 5.96. The second kappa shape index (κ2) is 6.67. The molecule has 0 heterocycles. The van der Waals surface area contributed by atoms with Crippen LogP contribution in [0.1, 0.15) is 24.2 Å². The summed E-state index contributed by atoms with van der Waals surface area (Å²) < 4.78 is 4.90. The van der Waals surface area contributed by atoms with Gasteiger partial charge >= 0.3 is 0 Å². The fourth-order valence-electron chi connectivity index (χ4n) is 0.956. The summed E-state index contributed by atoms with van der Waals surface area (Å²) in [6.45, 7) is 4.00. The number of benzene rings is 1. The molecule has 0 saturated heterocycles. The van der Waals surface area contributed by atoms with E-state index in [0.29, 0.717) is 11.4 Å². The third-order valence-corrected chi connectivity index (χ3v) is 1.57. The van der Waals surface area contributed by atoms with Crippen LogP contribution < -0.4 is 16.0 Å². The van der Waals surface area contributed by atoms with E-state index < -0.39 is 5.91 Å². The van der Waals surface area contributed by atoms with Crippen molar-refractivity contribution >= 4 is 11.6 Å². The molecule has 0 radical (unpaired) electrons. The minimum atomic E-state index is -0.628. The Morgan fingerprint density at radius 1 is 1.47 bits per heavy atom. The first-order valence-corrected chi connectivity index (χ1v) is 4.57. The summed E-state index contributed by atoms with van der Waals surface area (Å²) in [6.07, 6.45) is 0. The van der Waals surface area contributed by atoms with Crippen LogP contribution in [0.4, 0.5) is 5.69 Å². The minimum Gasteiger partial charge on any atom is -0.496 e. The van der Waals surface area contributed by atoms with Gasteiger partial charge in [0.15, 0.2) is 0 Å². The van der Waals surface area contributed by atoms with Crippen molar-refractivity contribution in [2.75, 3.05) is 12.8 Å². The third-order valence-electron chi connectivity index (χ3n) is 1.57. The molecule has 4 N–H and O–H groups in total. The van der Waals surface area contributed by atoms with E-state index in [1.54, 1.807) is 6.07 Å². The van der Waals surface area contributed by atoms with Gasteiger partial charge in [-0.2, -0.15) is 0 Å². The Morgan fingerprint density at radius 2 is 2.07 bits per heavy atom. The van der Waals surface area contributed by atoms with Crippen molar-refractivity contribution in [3.05, 3.63) is 23.8 Å². The molecule has 1 aromatic rings. The molecule has 84 valence electrons. The zero-order valence-corrected chi connectivity index (χ0v) is 9.07. The van der Waals surface area contributed by atoms with E-state index >= 15 is 0 Å². The molecule has 0 spiro atoms. The van der Waals surface area contributed by atoms with Crippen molar-refractivity contribution in [2.24, 2.45) is 0 Å². The molecule has 0 aromatic heterocycles. The highest BCUT2D eigenvalue weighted by atomic mass is 16.5. The summed E-state index contributed by atoms with van der Waals surface area (Å²) >= 11 is 0. The van der Waals surface area contributed by atoms with E-state index in [4.69, 9.17) is 15.7 Å². The van der Waals surface area contributed by atoms with Gasteiger partial charge < -0.3 is 10.5 Å². The first-order chi connectivity index (χ1) is 7.19. The predicted molar refractivity (Wildman–Crippen MR) is 58.0 cm³/mol. The van der Waals surface area contributed by atoms with Crippen LogP contribution in [0.3, 0.4) is 0 Å². The fourth-order valence-corrected chi connectivity index (χ4v) is 0.956. The quantitative estimate of drug-likeness (QED) is 0.393. The summed E-state index contributed by atoms with van der Waals surface area (Å²) in [4.78, 5) is 11.0. The van der Waals surface area contributed by atoms with Crippen molar-refractivity contribution in [3.8, 4) is 5.75 Å². The topological polar surface area (TPSA) is 84.6 Å². The standard InChI is InChI=1S/C8H10N2O3.C2H6/c1-13-7-4-5(9)2-3-6(7)8(11)10-12;1-2/h2-4,12H,9H2,1H3,(H,10,11);1-2H3. The molecular weight excluding hydrogens is 196 g/mol. The van der Waals surface area contributed by atoms with Crippen LogP contribution >= 0.6 is 0 Å². The second-order valence-electron chi connectivity index (χ2n) is 2.40. The van der Waals surface area contributed by atoms with Gasteiger partial charge in [-0.25, -0.2) is 5.48 Å². The molecule has 0 aliphatic rings. The summed E-state index contributed by atoms with van der Waals surface area (Å²) in [5.41, 5.74) is 7.71. The molecule has 0 aliphatic heterocycles. The van der Waals surface area contributed by atoms with Crippen LogP contribution in [-0.2, 0) is 0 Å². The first kappa shape index (κ1) is 13.2. The van der Waals surface area contributed by atoms with Crippen molar-refractivity contribution in [2.45, 2.75) is 13.8 Å². The lowest BCUT2D eigenvalue weighted by Crippen LogP contribution is -2.19. The number of anilines is 1. The smallest absolute Gasteiger partial charge is 0.278 e. The van der Waals surface area contributed by atoms with Gasteiger partial charge in [0.05, 0.1) is 12.7 Å². The molecule has 1 rings (SSSR count). The molecule has 0 unspecified atom stereocenters. The SMILES string of the molecule is CC.COc1cc(N)ccc1C(=O)NO. The molecule has 0 saturated carbocycles. The average molecular weight is 212 g/mol. The van der Waals surface area contributed by atoms with E-state index in [9.17, 15) is 4.79 Å². The summed E-state index contributed by atoms with van der Waals surface area (Å²) in [6, 6.07) is 4.53. The number of amides is 1. The Balaban J connectivity index is 0.000000921. The number of nitrogens with two attached hydrogens (primary N) is 1. The molecule has 0 atom stereocenters. The zero-order valence-electron chi connectivity index (χ0n) is 9.07. The lowest BCUT2D eigenvalue weighted by molar-refractivity contribution is 0.0703. The molecular formula is C10H16N2O3. The van der Waals surface area contributed by atoms with Gasteiger partial charge in [0.25, 0.3) is 5.91 Å². The van der Waals surface area contributed by atoms with Crippen LogP contribution in [0.15, 0.2) is 18.2 Å². The Labute approximate surface area is 88.8 Å². The molecule has 5 nitrogen and oxygen atoms in total. The molecule has 0 bridgehead atoms. The number of nitrogen functional groups attached to an aromatic ring is 1. The van der Waals surface area contributed by atoms with Gasteiger partial charge in [0.2, 0.25) is 0 Å². The van der Waals surface area contributed by atoms with Crippen molar-refractivity contribution in [1.82, 2.24) is 5.48 Å². The molecule has 0 fully saturated rings. The third kappa shape index (κ3) is 3.47. The van der Waals surface area contributed by atoms with E-state index in [-0.39, 0.29) is 5.56 Å².